The predicted octanol–water partition coefficient (Wildman–Crippen LogP) is 1.78. The summed E-state index contributed by atoms with van der Waals surface area (Å²) < 4.78 is 9.91. The van der Waals surface area contributed by atoms with Gasteiger partial charge in [0.25, 0.3) is 0 Å². The van der Waals surface area contributed by atoms with Crippen LogP contribution in [-0.4, -0.2) is 18.2 Å². The summed E-state index contributed by atoms with van der Waals surface area (Å²) in [6.07, 6.45) is 2.06. The normalized spacial score (nSPS) is 9.67. The van der Waals surface area contributed by atoms with Gasteiger partial charge in [0.15, 0.2) is 0 Å². The molecule has 1 radical (unpaired) electrons. The molecule has 5 heteroatoms. The predicted molar refractivity (Wildman–Crippen MR) is 63.1 cm³/mol. The standard InChI is InChI=1S/C13H13O5/c1-3-12(15)17-10-6-5-9(8-14)11(7-10)18-13(16)4-2/h5-7H,3-4H2,1-2H3. The van der Waals surface area contributed by atoms with Crippen molar-refractivity contribution in [3.63, 3.8) is 0 Å². The van der Waals surface area contributed by atoms with Gasteiger partial charge in [-0.15, -0.1) is 0 Å². The molecule has 5 nitrogen and oxygen atoms in total. The van der Waals surface area contributed by atoms with E-state index < -0.39 is 11.9 Å². The van der Waals surface area contributed by atoms with Crippen LogP contribution in [0.1, 0.15) is 32.3 Å². The van der Waals surface area contributed by atoms with E-state index in [2.05, 4.69) is 0 Å². The van der Waals surface area contributed by atoms with Gasteiger partial charge in [-0.1, -0.05) is 13.8 Å². The quantitative estimate of drug-likeness (QED) is 0.587. The third-order valence-corrected chi connectivity index (χ3v) is 2.10. The lowest BCUT2D eigenvalue weighted by atomic mass is 10.2. The van der Waals surface area contributed by atoms with Gasteiger partial charge >= 0.3 is 11.9 Å². The highest BCUT2D eigenvalue weighted by atomic mass is 16.5. The summed E-state index contributed by atoms with van der Waals surface area (Å²) in [4.78, 5) is 33.0. The average Bonchev–Trinajstić information content (AvgIpc) is 2.38. The first-order valence-corrected chi connectivity index (χ1v) is 5.54. The topological polar surface area (TPSA) is 69.7 Å². The molecule has 95 valence electrons. The molecule has 0 atom stereocenters. The SMILES string of the molecule is CCC(=O)Oc1ccc([C]=O)c(OC(=O)CC)c1. The van der Waals surface area contributed by atoms with E-state index in [1.165, 1.54) is 18.2 Å². The molecule has 1 aromatic carbocycles. The fourth-order valence-corrected chi connectivity index (χ4v) is 1.13. The third-order valence-electron chi connectivity index (χ3n) is 2.10. The van der Waals surface area contributed by atoms with E-state index in [0.29, 0.717) is 0 Å². The van der Waals surface area contributed by atoms with Crippen LogP contribution in [0, 0.1) is 0 Å². The molecule has 18 heavy (non-hydrogen) atoms. The van der Waals surface area contributed by atoms with Gasteiger partial charge in [0.05, 0.1) is 5.56 Å². The number of esters is 2. The second-order valence-electron chi connectivity index (χ2n) is 3.42. The van der Waals surface area contributed by atoms with Gasteiger partial charge in [0.2, 0.25) is 6.29 Å². The van der Waals surface area contributed by atoms with Crippen LogP contribution in [0.5, 0.6) is 11.5 Å². The molecule has 0 aliphatic carbocycles. The number of rotatable bonds is 5. The highest BCUT2D eigenvalue weighted by molar-refractivity contribution is 5.83. The van der Waals surface area contributed by atoms with E-state index in [-0.39, 0.29) is 29.9 Å². The van der Waals surface area contributed by atoms with E-state index in [1.807, 2.05) is 0 Å². The van der Waals surface area contributed by atoms with Gasteiger partial charge in [-0.2, -0.15) is 0 Å². The van der Waals surface area contributed by atoms with Crippen LogP contribution in [0.3, 0.4) is 0 Å². The van der Waals surface area contributed by atoms with E-state index in [9.17, 15) is 14.4 Å². The van der Waals surface area contributed by atoms with Gasteiger partial charge < -0.3 is 9.47 Å². The second kappa shape index (κ2) is 6.54. The monoisotopic (exact) mass is 249 g/mol. The highest BCUT2D eigenvalue weighted by Gasteiger charge is 2.11. The van der Waals surface area contributed by atoms with Crippen LogP contribution in [0.25, 0.3) is 0 Å². The molecule has 0 fully saturated rings. The lowest BCUT2D eigenvalue weighted by molar-refractivity contribution is -0.134. The Kier molecular flexibility index (Phi) is 5.05. The molecular formula is C13H13O5. The molecule has 0 aliphatic rings. The van der Waals surface area contributed by atoms with Crippen molar-refractivity contribution in [2.75, 3.05) is 0 Å². The highest BCUT2D eigenvalue weighted by Crippen LogP contribution is 2.24. The van der Waals surface area contributed by atoms with Crippen molar-refractivity contribution >= 4 is 18.2 Å². The molecule has 0 unspecified atom stereocenters. The van der Waals surface area contributed by atoms with Crippen molar-refractivity contribution in [2.24, 2.45) is 0 Å². The van der Waals surface area contributed by atoms with Crippen LogP contribution in [0.15, 0.2) is 18.2 Å². The van der Waals surface area contributed by atoms with Crippen molar-refractivity contribution in [3.05, 3.63) is 23.8 Å². The number of carbonyl (C=O) groups is 2. The summed E-state index contributed by atoms with van der Waals surface area (Å²) in [6, 6.07) is 4.14. The van der Waals surface area contributed by atoms with Gasteiger partial charge in [-0.3, -0.25) is 14.4 Å². The summed E-state index contributed by atoms with van der Waals surface area (Å²) >= 11 is 0. The Balaban J connectivity index is 2.97. The van der Waals surface area contributed by atoms with Crippen LogP contribution >= 0.6 is 0 Å². The minimum atomic E-state index is -0.481. The Labute approximate surface area is 105 Å². The molecule has 0 aliphatic heterocycles. The maximum absolute atomic E-state index is 11.2. The number of ether oxygens (including phenoxy) is 2. The molecule has 0 saturated heterocycles. The average molecular weight is 249 g/mol. The van der Waals surface area contributed by atoms with Crippen LogP contribution in [0.4, 0.5) is 0 Å². The number of hydrogen-bond acceptors (Lipinski definition) is 5. The van der Waals surface area contributed by atoms with Crippen LogP contribution in [0.2, 0.25) is 0 Å². The molecule has 1 rings (SSSR count). The van der Waals surface area contributed by atoms with E-state index >= 15 is 0 Å². The van der Waals surface area contributed by atoms with Crippen LogP contribution in [-0.2, 0) is 14.4 Å². The van der Waals surface area contributed by atoms with E-state index in [0.717, 1.165) is 0 Å². The summed E-state index contributed by atoms with van der Waals surface area (Å²) in [5.74, 6) is -0.630. The molecule has 0 spiro atoms. The minimum Gasteiger partial charge on any atom is -0.426 e. The van der Waals surface area contributed by atoms with E-state index in [1.54, 1.807) is 20.1 Å². The van der Waals surface area contributed by atoms with E-state index in [4.69, 9.17) is 9.47 Å². The summed E-state index contributed by atoms with van der Waals surface area (Å²) in [7, 11) is 0. The van der Waals surface area contributed by atoms with Gasteiger partial charge in [-0.05, 0) is 12.1 Å². The van der Waals surface area contributed by atoms with Crippen molar-refractivity contribution in [2.45, 2.75) is 26.7 Å². The molecule has 1 aromatic rings. The summed E-state index contributed by atoms with van der Waals surface area (Å²) in [6.45, 7) is 3.29. The number of hydrogen-bond donors (Lipinski definition) is 0. The maximum Gasteiger partial charge on any atom is 0.310 e. The molecule has 0 saturated carbocycles. The lowest BCUT2D eigenvalue weighted by Crippen LogP contribution is -2.09. The lowest BCUT2D eigenvalue weighted by Gasteiger charge is -2.08. The molecule has 0 bridgehead atoms. The van der Waals surface area contributed by atoms with Gasteiger partial charge in [0, 0.05) is 18.9 Å². The smallest absolute Gasteiger partial charge is 0.310 e. The third kappa shape index (κ3) is 3.69. The Morgan fingerprint density at radius 3 is 2.28 bits per heavy atom. The zero-order valence-corrected chi connectivity index (χ0v) is 10.2. The van der Waals surface area contributed by atoms with Crippen molar-refractivity contribution in [1.82, 2.24) is 0 Å². The maximum atomic E-state index is 11.2. The Hall–Kier alpha value is -2.17. The van der Waals surface area contributed by atoms with Gasteiger partial charge in [-0.25, -0.2) is 0 Å². The first kappa shape index (κ1) is 13.9. The largest absolute Gasteiger partial charge is 0.426 e. The zero-order chi connectivity index (χ0) is 13.5. The van der Waals surface area contributed by atoms with Crippen molar-refractivity contribution in [1.29, 1.82) is 0 Å². The Morgan fingerprint density at radius 2 is 1.72 bits per heavy atom. The van der Waals surface area contributed by atoms with Crippen molar-refractivity contribution < 1.29 is 23.9 Å². The first-order valence-electron chi connectivity index (χ1n) is 5.54. The second-order valence-corrected chi connectivity index (χ2v) is 3.42. The molecule has 0 N–H and O–H groups in total. The summed E-state index contributed by atoms with van der Waals surface area (Å²) in [5.41, 5.74) is 0.105. The first-order chi connectivity index (χ1) is 8.60. The van der Waals surface area contributed by atoms with Gasteiger partial charge in [0.1, 0.15) is 11.5 Å². The summed E-state index contributed by atoms with van der Waals surface area (Å²) in [5, 5.41) is 0. The molecule has 0 amide bonds. The fraction of sp³-hybridized carbons (Fsp3) is 0.308. The zero-order valence-electron chi connectivity index (χ0n) is 10.2. The number of carbonyl (C=O) groups excluding carboxylic acids is 3. The van der Waals surface area contributed by atoms with Crippen molar-refractivity contribution in [3.8, 4) is 11.5 Å². The fourth-order valence-electron chi connectivity index (χ4n) is 1.13. The Bertz CT molecular complexity index is 464. The van der Waals surface area contributed by atoms with Crippen LogP contribution < -0.4 is 9.47 Å². The minimum absolute atomic E-state index is 0.0400. The molecule has 0 heterocycles. The molecule has 0 aromatic heterocycles. The Morgan fingerprint density at radius 1 is 1.11 bits per heavy atom. The molecular weight excluding hydrogens is 236 g/mol. The number of benzene rings is 1.